The van der Waals surface area contributed by atoms with Gasteiger partial charge in [0.15, 0.2) is 5.82 Å². The summed E-state index contributed by atoms with van der Waals surface area (Å²) >= 11 is 0. The molecular weight excluding hydrogens is 593 g/mol. The van der Waals surface area contributed by atoms with Crippen LogP contribution in [0.15, 0.2) is 194 Å². The molecule has 1 aliphatic rings. The van der Waals surface area contributed by atoms with Crippen LogP contribution in [0.5, 0.6) is 0 Å². The summed E-state index contributed by atoms with van der Waals surface area (Å²) in [7, 11) is 0. The van der Waals surface area contributed by atoms with Crippen molar-refractivity contribution in [3.63, 3.8) is 0 Å². The van der Waals surface area contributed by atoms with E-state index in [0.29, 0.717) is 5.82 Å². The number of benzene rings is 7. The van der Waals surface area contributed by atoms with Crippen LogP contribution in [0.3, 0.4) is 0 Å². The first-order chi connectivity index (χ1) is 24.3. The van der Waals surface area contributed by atoms with Crippen molar-refractivity contribution in [3.8, 4) is 56.2 Å². The molecule has 2 heteroatoms. The van der Waals surface area contributed by atoms with Gasteiger partial charge in [-0.05, 0) is 56.6 Å². The number of hydrogen-bond acceptors (Lipinski definition) is 2. The molecule has 0 fully saturated rings. The Kier molecular flexibility index (Phi) is 7.06. The second-order valence-corrected chi connectivity index (χ2v) is 12.6. The maximum Gasteiger partial charge on any atom is 0.160 e. The molecule has 49 heavy (non-hydrogen) atoms. The highest BCUT2D eigenvalue weighted by Crippen LogP contribution is 2.56. The van der Waals surface area contributed by atoms with Crippen LogP contribution in [0.1, 0.15) is 22.3 Å². The lowest BCUT2D eigenvalue weighted by atomic mass is 9.67. The second kappa shape index (κ2) is 12.0. The van der Waals surface area contributed by atoms with E-state index in [1.54, 1.807) is 0 Å². The quantitative estimate of drug-likeness (QED) is 0.184. The van der Waals surface area contributed by atoms with Gasteiger partial charge in [-0.3, -0.25) is 0 Å². The molecule has 0 amide bonds. The molecule has 1 aromatic heterocycles. The fraction of sp³-hybridized carbons (Fsp3) is 0.0213. The predicted molar refractivity (Wildman–Crippen MR) is 201 cm³/mol. The summed E-state index contributed by atoms with van der Waals surface area (Å²) in [4.78, 5) is 10.4. The van der Waals surface area contributed by atoms with Crippen LogP contribution in [0.2, 0.25) is 0 Å². The molecule has 0 bridgehead atoms. The van der Waals surface area contributed by atoms with Gasteiger partial charge in [-0.25, -0.2) is 9.97 Å². The molecule has 1 heterocycles. The van der Waals surface area contributed by atoms with Crippen LogP contribution >= 0.6 is 0 Å². The first-order valence-electron chi connectivity index (χ1n) is 16.8. The topological polar surface area (TPSA) is 25.8 Å². The van der Waals surface area contributed by atoms with E-state index in [-0.39, 0.29) is 0 Å². The number of nitrogens with zero attached hydrogens (tertiary/aromatic N) is 2. The van der Waals surface area contributed by atoms with Crippen molar-refractivity contribution in [2.24, 2.45) is 0 Å². The molecule has 7 aromatic carbocycles. The van der Waals surface area contributed by atoms with E-state index in [1.807, 2.05) is 12.1 Å². The zero-order valence-corrected chi connectivity index (χ0v) is 26.9. The second-order valence-electron chi connectivity index (χ2n) is 12.6. The average Bonchev–Trinajstić information content (AvgIpc) is 3.49. The van der Waals surface area contributed by atoms with Crippen LogP contribution < -0.4 is 0 Å². The Morgan fingerprint density at radius 2 is 0.755 bits per heavy atom. The SMILES string of the molecule is c1ccc(-c2ccc(-c3nc(-c4ccccc4)cc(-c4ccc5c(c4)C(c4ccccc4)(c4ccccc4)c4ccccc4-5)n3)cc2)cc1. The smallest absolute Gasteiger partial charge is 0.160 e. The van der Waals surface area contributed by atoms with Crippen LogP contribution in [0.4, 0.5) is 0 Å². The molecule has 0 radical (unpaired) electrons. The summed E-state index contributed by atoms with van der Waals surface area (Å²) in [5, 5.41) is 0. The van der Waals surface area contributed by atoms with E-state index < -0.39 is 5.41 Å². The van der Waals surface area contributed by atoms with E-state index in [0.717, 1.165) is 28.1 Å². The van der Waals surface area contributed by atoms with Crippen molar-refractivity contribution in [3.05, 3.63) is 216 Å². The first kappa shape index (κ1) is 28.8. The monoisotopic (exact) mass is 624 g/mol. The van der Waals surface area contributed by atoms with E-state index in [9.17, 15) is 0 Å². The average molecular weight is 625 g/mol. The highest BCUT2D eigenvalue weighted by molar-refractivity contribution is 5.88. The normalized spacial score (nSPS) is 12.7. The van der Waals surface area contributed by atoms with Crippen molar-refractivity contribution >= 4 is 0 Å². The van der Waals surface area contributed by atoms with Gasteiger partial charge in [0.1, 0.15) is 0 Å². The Hall–Kier alpha value is -6.38. The predicted octanol–water partition coefficient (Wildman–Crippen LogP) is 11.5. The lowest BCUT2D eigenvalue weighted by Gasteiger charge is -2.34. The Balaban J connectivity index is 1.25. The highest BCUT2D eigenvalue weighted by atomic mass is 14.9. The Morgan fingerprint density at radius 1 is 0.306 bits per heavy atom. The van der Waals surface area contributed by atoms with Gasteiger partial charge in [-0.2, -0.15) is 0 Å². The standard InChI is InChI=1S/C47H32N2/c1-5-15-33(16-6-1)34-25-27-36(28-26-34)46-48-44(35-17-7-2-8-18-35)32-45(49-46)37-29-30-41-40-23-13-14-24-42(40)47(43(41)31-37,38-19-9-3-10-20-38)39-21-11-4-12-22-39/h1-32H. The molecule has 0 atom stereocenters. The number of rotatable bonds is 6. The first-order valence-corrected chi connectivity index (χ1v) is 16.8. The highest BCUT2D eigenvalue weighted by Gasteiger charge is 2.46. The lowest BCUT2D eigenvalue weighted by molar-refractivity contribution is 0.768. The van der Waals surface area contributed by atoms with Gasteiger partial charge in [0, 0.05) is 16.7 Å². The molecule has 0 spiro atoms. The van der Waals surface area contributed by atoms with Crippen molar-refractivity contribution in [2.45, 2.75) is 5.41 Å². The zero-order valence-electron chi connectivity index (χ0n) is 26.9. The molecule has 8 aromatic rings. The third kappa shape index (κ3) is 4.89. The fourth-order valence-corrected chi connectivity index (χ4v) is 7.53. The summed E-state index contributed by atoms with van der Waals surface area (Å²) in [5.41, 5.74) is 14.3. The van der Waals surface area contributed by atoms with Gasteiger partial charge < -0.3 is 0 Å². The van der Waals surface area contributed by atoms with Crippen molar-refractivity contribution in [2.75, 3.05) is 0 Å². The number of hydrogen-bond donors (Lipinski definition) is 0. The van der Waals surface area contributed by atoms with Gasteiger partial charge in [-0.1, -0.05) is 182 Å². The minimum Gasteiger partial charge on any atom is -0.228 e. The van der Waals surface area contributed by atoms with Crippen LogP contribution in [-0.2, 0) is 5.41 Å². The van der Waals surface area contributed by atoms with Crippen molar-refractivity contribution < 1.29 is 0 Å². The number of fused-ring (bicyclic) bond motifs is 3. The van der Waals surface area contributed by atoms with Crippen molar-refractivity contribution in [1.82, 2.24) is 9.97 Å². The third-order valence-corrected chi connectivity index (χ3v) is 9.80. The summed E-state index contributed by atoms with van der Waals surface area (Å²) in [6, 6.07) is 69.2. The molecule has 0 aliphatic heterocycles. The molecular formula is C47H32N2. The Morgan fingerprint density at radius 3 is 1.39 bits per heavy atom. The molecule has 1 aliphatic carbocycles. The lowest BCUT2D eigenvalue weighted by Crippen LogP contribution is -2.28. The van der Waals surface area contributed by atoms with E-state index in [4.69, 9.17) is 9.97 Å². The Labute approximate surface area is 287 Å². The molecule has 0 saturated heterocycles. The summed E-state index contributed by atoms with van der Waals surface area (Å²) < 4.78 is 0. The Bertz CT molecular complexity index is 2360. The van der Waals surface area contributed by atoms with Gasteiger partial charge in [0.2, 0.25) is 0 Å². The maximum absolute atomic E-state index is 5.26. The van der Waals surface area contributed by atoms with Gasteiger partial charge >= 0.3 is 0 Å². The van der Waals surface area contributed by atoms with Crippen LogP contribution in [0, 0.1) is 0 Å². The fourth-order valence-electron chi connectivity index (χ4n) is 7.53. The third-order valence-electron chi connectivity index (χ3n) is 9.80. The van der Waals surface area contributed by atoms with E-state index in [2.05, 4.69) is 182 Å². The summed E-state index contributed by atoms with van der Waals surface area (Å²) in [5.74, 6) is 0.706. The molecule has 230 valence electrons. The zero-order chi connectivity index (χ0) is 32.6. The van der Waals surface area contributed by atoms with Gasteiger partial charge in [0.25, 0.3) is 0 Å². The van der Waals surface area contributed by atoms with E-state index >= 15 is 0 Å². The minimum absolute atomic E-state index is 0.476. The molecule has 0 unspecified atom stereocenters. The molecule has 2 nitrogen and oxygen atoms in total. The molecule has 9 rings (SSSR count). The summed E-state index contributed by atoms with van der Waals surface area (Å²) in [6.45, 7) is 0. The van der Waals surface area contributed by atoms with Crippen molar-refractivity contribution in [1.29, 1.82) is 0 Å². The van der Waals surface area contributed by atoms with Gasteiger partial charge in [-0.15, -0.1) is 0 Å². The minimum atomic E-state index is -0.476. The molecule has 0 N–H and O–H groups in total. The molecule has 0 saturated carbocycles. The maximum atomic E-state index is 5.26. The largest absolute Gasteiger partial charge is 0.228 e. The number of aromatic nitrogens is 2. The van der Waals surface area contributed by atoms with E-state index in [1.165, 1.54) is 44.5 Å². The summed E-state index contributed by atoms with van der Waals surface area (Å²) in [6.07, 6.45) is 0. The van der Waals surface area contributed by atoms with Gasteiger partial charge in [0.05, 0.1) is 16.8 Å². The van der Waals surface area contributed by atoms with Crippen LogP contribution in [-0.4, -0.2) is 9.97 Å². The van der Waals surface area contributed by atoms with Crippen LogP contribution in [0.25, 0.3) is 56.2 Å².